The summed E-state index contributed by atoms with van der Waals surface area (Å²) < 4.78 is 0. The Morgan fingerprint density at radius 3 is 2.74 bits per heavy atom. The van der Waals surface area contributed by atoms with Gasteiger partial charge in [-0.05, 0) is 41.7 Å². The fourth-order valence-electron chi connectivity index (χ4n) is 1.59. The second-order valence-corrected chi connectivity index (χ2v) is 5.50. The monoisotopic (exact) mass is 278 g/mol. The van der Waals surface area contributed by atoms with Crippen molar-refractivity contribution in [3.05, 3.63) is 36.4 Å². The van der Waals surface area contributed by atoms with Gasteiger partial charge in [0.25, 0.3) is 0 Å². The van der Waals surface area contributed by atoms with Crippen molar-refractivity contribution in [1.29, 1.82) is 0 Å². The first kappa shape index (κ1) is 15.5. The summed E-state index contributed by atoms with van der Waals surface area (Å²) in [5, 5.41) is 16.3. The normalized spacial score (nSPS) is 10.9. The molecule has 0 aliphatic heterocycles. The summed E-state index contributed by atoms with van der Waals surface area (Å²) in [5.74, 6) is 0.193. The average molecular weight is 278 g/mol. The van der Waals surface area contributed by atoms with E-state index in [-0.39, 0.29) is 11.2 Å². The predicted molar refractivity (Wildman–Crippen MR) is 85.8 cm³/mol. The lowest BCUT2D eigenvalue weighted by Gasteiger charge is -2.24. The van der Waals surface area contributed by atoms with Crippen LogP contribution in [0.1, 0.15) is 32.8 Å². The molecule has 1 aromatic rings. The maximum Gasteiger partial charge on any atom is 0.171 e. The Hall–Kier alpha value is -1.55. The minimum atomic E-state index is 0.0697. The second kappa shape index (κ2) is 6.57. The lowest BCUT2D eigenvalue weighted by Crippen LogP contribution is -2.28. The van der Waals surface area contributed by atoms with Gasteiger partial charge < -0.3 is 15.7 Å². The minimum absolute atomic E-state index is 0.0697. The highest BCUT2D eigenvalue weighted by Crippen LogP contribution is 2.32. The Labute approximate surface area is 120 Å². The summed E-state index contributed by atoms with van der Waals surface area (Å²) >= 11 is 5.15. The largest absolute Gasteiger partial charge is 0.506 e. The summed E-state index contributed by atoms with van der Waals surface area (Å²) in [7, 11) is 0. The van der Waals surface area contributed by atoms with Crippen molar-refractivity contribution < 1.29 is 5.11 Å². The van der Waals surface area contributed by atoms with Crippen LogP contribution >= 0.6 is 12.2 Å². The number of aromatic hydroxyl groups is 1. The van der Waals surface area contributed by atoms with Crippen molar-refractivity contribution in [1.82, 2.24) is 5.32 Å². The van der Waals surface area contributed by atoms with E-state index in [4.69, 9.17) is 12.2 Å². The molecule has 0 saturated heterocycles. The van der Waals surface area contributed by atoms with Gasteiger partial charge in [-0.15, -0.1) is 6.58 Å². The van der Waals surface area contributed by atoms with E-state index in [2.05, 4.69) is 38.0 Å². The summed E-state index contributed by atoms with van der Waals surface area (Å²) in [6.07, 6.45) is 2.75. The molecule has 104 valence electrons. The maximum absolute atomic E-state index is 9.88. The number of hydrogen-bond donors (Lipinski definition) is 3. The van der Waals surface area contributed by atoms with E-state index in [0.29, 0.717) is 17.3 Å². The molecule has 0 unspecified atom stereocenters. The van der Waals surface area contributed by atoms with Gasteiger partial charge >= 0.3 is 0 Å². The van der Waals surface area contributed by atoms with Crippen LogP contribution in [-0.4, -0.2) is 16.8 Å². The molecule has 0 aliphatic carbocycles. The molecule has 3 N–H and O–H groups in total. The van der Waals surface area contributed by atoms with Crippen LogP contribution < -0.4 is 10.6 Å². The van der Waals surface area contributed by atoms with Crippen molar-refractivity contribution >= 4 is 23.0 Å². The van der Waals surface area contributed by atoms with E-state index < -0.39 is 0 Å². The maximum atomic E-state index is 9.88. The van der Waals surface area contributed by atoms with Gasteiger partial charge in [0, 0.05) is 6.54 Å². The Morgan fingerprint density at radius 2 is 2.16 bits per heavy atom. The number of phenols is 1. The molecule has 0 fully saturated rings. The van der Waals surface area contributed by atoms with Gasteiger partial charge in [0.15, 0.2) is 5.11 Å². The first-order valence-electron chi connectivity index (χ1n) is 6.40. The zero-order valence-electron chi connectivity index (χ0n) is 11.8. The first-order valence-corrected chi connectivity index (χ1v) is 6.80. The third-order valence-electron chi connectivity index (χ3n) is 3.32. The van der Waals surface area contributed by atoms with E-state index in [1.807, 2.05) is 12.1 Å². The number of thiocarbonyl (C=S) groups is 1. The van der Waals surface area contributed by atoms with Crippen LogP contribution in [0.4, 0.5) is 5.69 Å². The second-order valence-electron chi connectivity index (χ2n) is 5.09. The number of hydrogen-bond acceptors (Lipinski definition) is 2. The topological polar surface area (TPSA) is 44.3 Å². The Morgan fingerprint density at radius 1 is 1.47 bits per heavy atom. The average Bonchev–Trinajstić information content (AvgIpc) is 2.38. The van der Waals surface area contributed by atoms with Crippen LogP contribution in [0.3, 0.4) is 0 Å². The highest BCUT2D eigenvalue weighted by Gasteiger charge is 2.19. The molecule has 0 spiro atoms. The highest BCUT2D eigenvalue weighted by molar-refractivity contribution is 7.80. The minimum Gasteiger partial charge on any atom is -0.506 e. The molecule has 0 amide bonds. The van der Waals surface area contributed by atoms with E-state index in [1.54, 1.807) is 12.1 Å². The SMILES string of the molecule is C=CCNC(=S)Nc1cc(C(C)(C)CC)ccc1O. The fourth-order valence-corrected chi connectivity index (χ4v) is 1.79. The molecule has 0 radical (unpaired) electrons. The molecule has 0 heterocycles. The first-order chi connectivity index (χ1) is 8.90. The zero-order valence-corrected chi connectivity index (χ0v) is 12.6. The quantitative estimate of drug-likeness (QED) is 0.438. The number of rotatable bonds is 5. The third kappa shape index (κ3) is 4.24. The van der Waals surface area contributed by atoms with Crippen molar-refractivity contribution in [2.75, 3.05) is 11.9 Å². The predicted octanol–water partition coefficient (Wildman–Crippen LogP) is 3.55. The molecular weight excluding hydrogens is 256 g/mol. The smallest absolute Gasteiger partial charge is 0.171 e. The Kier molecular flexibility index (Phi) is 5.36. The van der Waals surface area contributed by atoms with Crippen LogP contribution in [0.25, 0.3) is 0 Å². The summed E-state index contributed by atoms with van der Waals surface area (Å²) in [4.78, 5) is 0. The van der Waals surface area contributed by atoms with Gasteiger partial charge in [0.1, 0.15) is 5.75 Å². The van der Waals surface area contributed by atoms with Crippen molar-refractivity contribution in [3.8, 4) is 5.75 Å². The lowest BCUT2D eigenvalue weighted by molar-refractivity contribution is 0.474. The van der Waals surface area contributed by atoms with E-state index in [1.165, 1.54) is 5.56 Å². The number of nitrogens with one attached hydrogen (secondary N) is 2. The Balaban J connectivity index is 2.92. The van der Waals surface area contributed by atoms with Crippen molar-refractivity contribution in [2.45, 2.75) is 32.6 Å². The van der Waals surface area contributed by atoms with Gasteiger partial charge in [-0.2, -0.15) is 0 Å². The number of anilines is 1. The molecule has 0 bridgehead atoms. The van der Waals surface area contributed by atoms with Crippen LogP contribution in [0.5, 0.6) is 5.75 Å². The van der Waals surface area contributed by atoms with Crippen LogP contribution in [-0.2, 0) is 5.41 Å². The van der Waals surface area contributed by atoms with E-state index in [9.17, 15) is 5.11 Å². The molecule has 3 nitrogen and oxygen atoms in total. The molecule has 0 saturated carbocycles. The summed E-state index contributed by atoms with van der Waals surface area (Å²) in [5.41, 5.74) is 1.86. The van der Waals surface area contributed by atoms with Crippen LogP contribution in [0, 0.1) is 0 Å². The van der Waals surface area contributed by atoms with Crippen LogP contribution in [0.2, 0.25) is 0 Å². The van der Waals surface area contributed by atoms with Crippen molar-refractivity contribution in [3.63, 3.8) is 0 Å². The summed E-state index contributed by atoms with van der Waals surface area (Å²) in [6, 6.07) is 5.59. The molecule has 0 atom stereocenters. The molecule has 4 heteroatoms. The molecule has 1 rings (SSSR count). The van der Waals surface area contributed by atoms with Crippen molar-refractivity contribution in [2.24, 2.45) is 0 Å². The third-order valence-corrected chi connectivity index (χ3v) is 3.56. The summed E-state index contributed by atoms with van der Waals surface area (Å²) in [6.45, 7) is 10.7. The zero-order chi connectivity index (χ0) is 14.5. The molecule has 1 aromatic carbocycles. The van der Waals surface area contributed by atoms with E-state index in [0.717, 1.165) is 6.42 Å². The van der Waals surface area contributed by atoms with Gasteiger partial charge in [0.05, 0.1) is 5.69 Å². The number of benzene rings is 1. The molecule has 0 aliphatic rings. The van der Waals surface area contributed by atoms with E-state index >= 15 is 0 Å². The standard InChI is InChI=1S/C15H22N2OS/c1-5-9-16-14(19)17-12-10-11(7-8-13(12)18)15(3,4)6-2/h5,7-8,10,18H,1,6,9H2,2-4H3,(H2,16,17,19). The van der Waals surface area contributed by atoms with Gasteiger partial charge in [-0.3, -0.25) is 0 Å². The molecule has 19 heavy (non-hydrogen) atoms. The molecular formula is C15H22N2OS. The lowest BCUT2D eigenvalue weighted by atomic mass is 9.82. The number of phenolic OH excluding ortho intramolecular Hbond substituents is 1. The molecule has 0 aromatic heterocycles. The van der Waals surface area contributed by atoms with Gasteiger partial charge in [-0.25, -0.2) is 0 Å². The fraction of sp³-hybridized carbons (Fsp3) is 0.400. The van der Waals surface area contributed by atoms with Crippen LogP contribution in [0.15, 0.2) is 30.9 Å². The van der Waals surface area contributed by atoms with Gasteiger partial charge in [-0.1, -0.05) is 32.9 Å². The van der Waals surface area contributed by atoms with Gasteiger partial charge in [0.2, 0.25) is 0 Å². The Bertz CT molecular complexity index is 469. The highest BCUT2D eigenvalue weighted by atomic mass is 32.1.